The van der Waals surface area contributed by atoms with Crippen molar-refractivity contribution in [1.29, 1.82) is 0 Å². The van der Waals surface area contributed by atoms with Crippen LogP contribution in [0.5, 0.6) is 5.75 Å². The van der Waals surface area contributed by atoms with Gasteiger partial charge in [-0.15, -0.1) is 17.9 Å². The number of fused-ring (bicyclic) bond motifs is 1. The van der Waals surface area contributed by atoms with E-state index in [1.54, 1.807) is 17.4 Å². The molecule has 6 heteroatoms. The Morgan fingerprint density at radius 2 is 2.16 bits per heavy atom. The molecule has 1 aromatic heterocycles. The SMILES string of the molecule is C=CCN(CC(=O)N1CCc2sccc2[C@H]1COc1ccc(C)cc1)C[C@@H](O)CCC. The lowest BCUT2D eigenvalue weighted by Crippen LogP contribution is -2.47. The lowest BCUT2D eigenvalue weighted by atomic mass is 10.0. The van der Waals surface area contributed by atoms with Gasteiger partial charge in [0.05, 0.1) is 18.7 Å². The van der Waals surface area contributed by atoms with Gasteiger partial charge in [-0.3, -0.25) is 9.69 Å². The van der Waals surface area contributed by atoms with Crippen LogP contribution in [0.2, 0.25) is 0 Å². The van der Waals surface area contributed by atoms with Gasteiger partial charge >= 0.3 is 0 Å². The number of aryl methyl sites for hydroxylation is 1. The molecule has 0 aliphatic carbocycles. The third-order valence-corrected chi connectivity index (χ3v) is 6.68. The number of benzene rings is 1. The summed E-state index contributed by atoms with van der Waals surface area (Å²) < 4.78 is 6.10. The van der Waals surface area contributed by atoms with Crippen LogP contribution in [0.4, 0.5) is 0 Å². The molecular formula is C25H34N2O3S. The molecule has 0 radical (unpaired) electrons. The molecule has 5 nitrogen and oxygen atoms in total. The van der Waals surface area contributed by atoms with Gasteiger partial charge in [0.25, 0.3) is 0 Å². The van der Waals surface area contributed by atoms with Crippen molar-refractivity contribution in [3.63, 3.8) is 0 Å². The Balaban J connectivity index is 1.71. The van der Waals surface area contributed by atoms with E-state index < -0.39 is 6.10 Å². The van der Waals surface area contributed by atoms with Gasteiger partial charge in [0.1, 0.15) is 12.4 Å². The molecule has 1 N–H and O–H groups in total. The summed E-state index contributed by atoms with van der Waals surface area (Å²) in [4.78, 5) is 18.6. The normalized spacial score (nSPS) is 16.8. The predicted octanol–water partition coefficient (Wildman–Crippen LogP) is 4.21. The fraction of sp³-hybridized carbons (Fsp3) is 0.480. The standard InChI is InChI=1S/C25H34N2O3S/c1-4-6-20(28)16-26(13-5-2)17-25(29)27-14-11-24-22(12-15-31-24)23(27)18-30-21-9-7-19(3)8-10-21/h5,7-10,12,15,20,23,28H,2,4,6,11,13-14,16-18H2,1,3H3/t20-,23+/m0/s1. The monoisotopic (exact) mass is 442 g/mol. The van der Waals surface area contributed by atoms with Crippen molar-refractivity contribution in [1.82, 2.24) is 9.80 Å². The summed E-state index contributed by atoms with van der Waals surface area (Å²) in [6.45, 7) is 10.4. The molecule has 31 heavy (non-hydrogen) atoms. The quantitative estimate of drug-likeness (QED) is 0.530. The van der Waals surface area contributed by atoms with E-state index in [-0.39, 0.29) is 18.5 Å². The molecule has 0 saturated carbocycles. The summed E-state index contributed by atoms with van der Waals surface area (Å²) in [5.74, 6) is 0.885. The van der Waals surface area contributed by atoms with Crippen molar-refractivity contribution < 1.29 is 14.6 Å². The number of aliphatic hydroxyl groups is 1. The number of hydrogen-bond acceptors (Lipinski definition) is 5. The first kappa shape index (κ1) is 23.5. The van der Waals surface area contributed by atoms with Crippen molar-refractivity contribution >= 4 is 17.2 Å². The Hall–Kier alpha value is -2.15. The van der Waals surface area contributed by atoms with Gasteiger partial charge in [0.2, 0.25) is 5.91 Å². The van der Waals surface area contributed by atoms with Crippen molar-refractivity contribution in [2.24, 2.45) is 0 Å². The minimum atomic E-state index is -0.428. The summed E-state index contributed by atoms with van der Waals surface area (Å²) >= 11 is 1.75. The highest BCUT2D eigenvalue weighted by molar-refractivity contribution is 7.10. The number of ether oxygens (including phenoxy) is 1. The predicted molar refractivity (Wildman–Crippen MR) is 127 cm³/mol. The lowest BCUT2D eigenvalue weighted by Gasteiger charge is -2.37. The maximum Gasteiger partial charge on any atom is 0.237 e. The van der Waals surface area contributed by atoms with Crippen LogP contribution in [0.1, 0.15) is 41.8 Å². The number of amides is 1. The van der Waals surface area contributed by atoms with Gasteiger partial charge < -0.3 is 14.7 Å². The minimum absolute atomic E-state index is 0.0694. The Bertz CT molecular complexity index is 849. The van der Waals surface area contributed by atoms with Crippen LogP contribution in [-0.4, -0.2) is 59.7 Å². The van der Waals surface area contributed by atoms with E-state index in [0.717, 1.165) is 25.0 Å². The maximum absolute atomic E-state index is 13.3. The zero-order chi connectivity index (χ0) is 22.2. The van der Waals surface area contributed by atoms with Gasteiger partial charge in [-0.25, -0.2) is 0 Å². The number of thiophene rings is 1. The Morgan fingerprint density at radius 3 is 2.87 bits per heavy atom. The minimum Gasteiger partial charge on any atom is -0.491 e. The van der Waals surface area contributed by atoms with E-state index in [2.05, 4.69) is 31.9 Å². The second-order valence-corrected chi connectivity index (χ2v) is 9.20. The van der Waals surface area contributed by atoms with E-state index in [9.17, 15) is 9.90 Å². The first-order valence-electron chi connectivity index (χ1n) is 11.1. The van der Waals surface area contributed by atoms with E-state index in [4.69, 9.17) is 4.74 Å². The Labute approximate surface area is 189 Å². The average Bonchev–Trinajstić information content (AvgIpc) is 3.22. The van der Waals surface area contributed by atoms with Gasteiger partial charge in [-0.2, -0.15) is 0 Å². The number of nitrogens with zero attached hydrogens (tertiary/aromatic N) is 2. The van der Waals surface area contributed by atoms with Crippen LogP contribution in [-0.2, 0) is 11.2 Å². The average molecular weight is 443 g/mol. The molecule has 168 valence electrons. The maximum atomic E-state index is 13.3. The van der Waals surface area contributed by atoms with Crippen LogP contribution >= 0.6 is 11.3 Å². The number of carbonyl (C=O) groups excluding carboxylic acids is 1. The van der Waals surface area contributed by atoms with Gasteiger partial charge in [0, 0.05) is 24.5 Å². The molecule has 0 bridgehead atoms. The third-order valence-electron chi connectivity index (χ3n) is 5.68. The van der Waals surface area contributed by atoms with E-state index in [1.807, 2.05) is 34.1 Å². The molecule has 0 fully saturated rings. The first-order chi connectivity index (χ1) is 15.0. The molecule has 2 atom stereocenters. The van der Waals surface area contributed by atoms with Crippen LogP contribution in [0.3, 0.4) is 0 Å². The lowest BCUT2D eigenvalue weighted by molar-refractivity contribution is -0.136. The topological polar surface area (TPSA) is 53.0 Å². The number of carbonyl (C=O) groups is 1. The summed E-state index contributed by atoms with van der Waals surface area (Å²) in [6.07, 6.45) is 3.89. The molecule has 2 heterocycles. The van der Waals surface area contributed by atoms with Crippen molar-refractivity contribution in [2.45, 2.75) is 45.3 Å². The van der Waals surface area contributed by atoms with Crippen LogP contribution in [0.15, 0.2) is 48.4 Å². The summed E-state index contributed by atoms with van der Waals surface area (Å²) in [5, 5.41) is 12.3. The van der Waals surface area contributed by atoms with Gasteiger partial charge in [-0.1, -0.05) is 37.1 Å². The second kappa shape index (κ2) is 11.5. The van der Waals surface area contributed by atoms with Crippen molar-refractivity contribution in [3.05, 3.63) is 64.4 Å². The third kappa shape index (κ3) is 6.42. The highest BCUT2D eigenvalue weighted by Gasteiger charge is 2.33. The van der Waals surface area contributed by atoms with E-state index in [0.29, 0.717) is 26.2 Å². The fourth-order valence-electron chi connectivity index (χ4n) is 4.08. The molecule has 2 aromatic rings. The van der Waals surface area contributed by atoms with Crippen LogP contribution in [0, 0.1) is 6.92 Å². The van der Waals surface area contributed by atoms with Crippen molar-refractivity contribution in [2.75, 3.05) is 32.8 Å². The zero-order valence-electron chi connectivity index (χ0n) is 18.6. The van der Waals surface area contributed by atoms with Crippen LogP contribution in [0.25, 0.3) is 0 Å². The van der Waals surface area contributed by atoms with Crippen LogP contribution < -0.4 is 4.74 Å². The molecule has 3 rings (SSSR count). The largest absolute Gasteiger partial charge is 0.491 e. The first-order valence-corrected chi connectivity index (χ1v) is 12.0. The number of rotatable bonds is 11. The highest BCUT2D eigenvalue weighted by atomic mass is 32.1. The zero-order valence-corrected chi connectivity index (χ0v) is 19.4. The van der Waals surface area contributed by atoms with E-state index >= 15 is 0 Å². The molecular weight excluding hydrogens is 408 g/mol. The molecule has 0 unspecified atom stereocenters. The second-order valence-electron chi connectivity index (χ2n) is 8.20. The number of aliphatic hydroxyl groups excluding tert-OH is 1. The molecule has 0 saturated heterocycles. The van der Waals surface area contributed by atoms with Gasteiger partial charge in [0.15, 0.2) is 0 Å². The van der Waals surface area contributed by atoms with Crippen molar-refractivity contribution in [3.8, 4) is 5.75 Å². The summed E-state index contributed by atoms with van der Waals surface area (Å²) in [5.41, 5.74) is 2.38. The summed E-state index contributed by atoms with van der Waals surface area (Å²) in [6, 6.07) is 10.0. The Morgan fingerprint density at radius 1 is 1.39 bits per heavy atom. The Kier molecular flexibility index (Phi) is 8.69. The van der Waals surface area contributed by atoms with Gasteiger partial charge in [-0.05, 0) is 48.9 Å². The molecule has 1 aliphatic rings. The molecule has 1 amide bonds. The molecule has 0 spiro atoms. The molecule has 1 aliphatic heterocycles. The fourth-order valence-corrected chi connectivity index (χ4v) is 5.00. The smallest absolute Gasteiger partial charge is 0.237 e. The van der Waals surface area contributed by atoms with E-state index in [1.165, 1.54) is 16.0 Å². The summed E-state index contributed by atoms with van der Waals surface area (Å²) in [7, 11) is 0. The highest BCUT2D eigenvalue weighted by Crippen LogP contribution is 2.34. The molecule has 1 aromatic carbocycles. The number of hydrogen-bond donors (Lipinski definition) is 1.